The van der Waals surface area contributed by atoms with Gasteiger partial charge in [0.1, 0.15) is 5.76 Å². The Kier molecular flexibility index (Phi) is 5.79. The van der Waals surface area contributed by atoms with Crippen LogP contribution in [0, 0.1) is 6.92 Å². The second-order valence-electron chi connectivity index (χ2n) is 7.07. The van der Waals surface area contributed by atoms with Crippen molar-refractivity contribution >= 4 is 16.9 Å². The fraction of sp³-hybridized carbons (Fsp3) is 0.217. The van der Waals surface area contributed by atoms with Crippen molar-refractivity contribution in [2.45, 2.75) is 26.3 Å². The average Bonchev–Trinajstić information content (AvgIpc) is 3.14. The van der Waals surface area contributed by atoms with Crippen LogP contribution >= 0.6 is 0 Å². The number of oxazole rings is 1. The standard InChI is InChI=1S/C23H21N3O5/c1-15-19(24-21(31-15)16-8-3-2-4-9-16)14-20(27)30-13-7-12-26-22(28)17-10-5-6-11-18(17)25-23(26)29/h2-6,8-11H,7,12-14H2,1H3,(H,25,29). The van der Waals surface area contributed by atoms with Gasteiger partial charge >= 0.3 is 11.7 Å². The number of nitrogens with one attached hydrogen (secondary N) is 1. The number of carbonyl (C=O) groups is 1. The van der Waals surface area contributed by atoms with Gasteiger partial charge in [0, 0.05) is 12.1 Å². The number of carbonyl (C=O) groups excluding carboxylic acids is 1. The van der Waals surface area contributed by atoms with Gasteiger partial charge in [0.2, 0.25) is 5.89 Å². The van der Waals surface area contributed by atoms with Gasteiger partial charge in [-0.05, 0) is 37.6 Å². The van der Waals surface area contributed by atoms with Gasteiger partial charge in [-0.2, -0.15) is 0 Å². The topological polar surface area (TPSA) is 107 Å². The van der Waals surface area contributed by atoms with E-state index >= 15 is 0 Å². The molecule has 0 aliphatic heterocycles. The van der Waals surface area contributed by atoms with E-state index in [1.54, 1.807) is 31.2 Å². The first kappa shape index (κ1) is 20.3. The van der Waals surface area contributed by atoms with Crippen molar-refractivity contribution in [3.8, 4) is 11.5 Å². The minimum absolute atomic E-state index is 0.0152. The highest BCUT2D eigenvalue weighted by Crippen LogP contribution is 2.21. The number of aromatic amines is 1. The normalized spacial score (nSPS) is 11.0. The minimum Gasteiger partial charge on any atom is -0.465 e. The number of aryl methyl sites for hydroxylation is 1. The van der Waals surface area contributed by atoms with Crippen LogP contribution in [-0.2, 0) is 22.5 Å². The molecule has 0 atom stereocenters. The lowest BCUT2D eigenvalue weighted by Gasteiger charge is -2.07. The molecular weight excluding hydrogens is 398 g/mol. The van der Waals surface area contributed by atoms with Crippen LogP contribution in [0.2, 0.25) is 0 Å². The van der Waals surface area contributed by atoms with Crippen LogP contribution in [0.5, 0.6) is 0 Å². The maximum atomic E-state index is 12.5. The Labute approximate surface area is 177 Å². The highest BCUT2D eigenvalue weighted by molar-refractivity contribution is 5.76. The molecule has 0 amide bonds. The summed E-state index contributed by atoms with van der Waals surface area (Å²) in [5.41, 5.74) is 0.999. The van der Waals surface area contributed by atoms with E-state index in [1.165, 1.54) is 0 Å². The number of para-hydroxylation sites is 1. The first-order valence-electron chi connectivity index (χ1n) is 9.92. The van der Waals surface area contributed by atoms with Crippen molar-refractivity contribution in [1.29, 1.82) is 0 Å². The lowest BCUT2D eigenvalue weighted by atomic mass is 10.2. The molecule has 0 radical (unpaired) electrons. The number of nitrogens with zero attached hydrogens (tertiary/aromatic N) is 2. The van der Waals surface area contributed by atoms with E-state index in [1.807, 2.05) is 30.3 Å². The smallest absolute Gasteiger partial charge is 0.328 e. The summed E-state index contributed by atoms with van der Waals surface area (Å²) in [5.74, 6) is 0.566. The summed E-state index contributed by atoms with van der Waals surface area (Å²) in [6.45, 7) is 1.98. The van der Waals surface area contributed by atoms with Crippen LogP contribution < -0.4 is 11.2 Å². The quantitative estimate of drug-likeness (QED) is 0.365. The maximum Gasteiger partial charge on any atom is 0.328 e. The number of ether oxygens (including phenoxy) is 1. The molecule has 2 aromatic carbocycles. The number of hydrogen-bond donors (Lipinski definition) is 1. The summed E-state index contributed by atoms with van der Waals surface area (Å²) >= 11 is 0. The zero-order valence-corrected chi connectivity index (χ0v) is 17.0. The van der Waals surface area contributed by atoms with Crippen LogP contribution in [0.4, 0.5) is 0 Å². The van der Waals surface area contributed by atoms with Crippen LogP contribution in [0.3, 0.4) is 0 Å². The van der Waals surface area contributed by atoms with E-state index in [2.05, 4.69) is 9.97 Å². The number of aromatic nitrogens is 3. The van der Waals surface area contributed by atoms with Gasteiger partial charge in [0.15, 0.2) is 0 Å². The molecule has 0 aliphatic rings. The Morgan fingerprint density at radius 1 is 1.10 bits per heavy atom. The lowest BCUT2D eigenvalue weighted by Crippen LogP contribution is -2.35. The molecule has 0 saturated carbocycles. The third-order valence-corrected chi connectivity index (χ3v) is 4.90. The molecule has 0 fully saturated rings. The van der Waals surface area contributed by atoms with Gasteiger partial charge < -0.3 is 14.1 Å². The predicted molar refractivity (Wildman–Crippen MR) is 115 cm³/mol. The van der Waals surface area contributed by atoms with Gasteiger partial charge in [-0.3, -0.25) is 14.2 Å². The van der Waals surface area contributed by atoms with Crippen molar-refractivity contribution in [3.05, 3.63) is 86.9 Å². The number of esters is 1. The fourth-order valence-corrected chi connectivity index (χ4v) is 3.29. The highest BCUT2D eigenvalue weighted by atomic mass is 16.5. The fourth-order valence-electron chi connectivity index (χ4n) is 3.29. The number of hydrogen-bond acceptors (Lipinski definition) is 6. The van der Waals surface area contributed by atoms with E-state index in [0.717, 1.165) is 10.1 Å². The van der Waals surface area contributed by atoms with Crippen molar-refractivity contribution in [1.82, 2.24) is 14.5 Å². The Morgan fingerprint density at radius 3 is 2.65 bits per heavy atom. The molecule has 0 bridgehead atoms. The zero-order valence-electron chi connectivity index (χ0n) is 17.0. The molecule has 0 spiro atoms. The van der Waals surface area contributed by atoms with Gasteiger partial charge in [-0.15, -0.1) is 0 Å². The van der Waals surface area contributed by atoms with Gasteiger partial charge in [-0.25, -0.2) is 9.78 Å². The Hall–Kier alpha value is -3.94. The third kappa shape index (κ3) is 4.48. The second-order valence-corrected chi connectivity index (χ2v) is 7.07. The van der Waals surface area contributed by atoms with Gasteiger partial charge in [0.25, 0.3) is 5.56 Å². The summed E-state index contributed by atoms with van der Waals surface area (Å²) < 4.78 is 12.0. The third-order valence-electron chi connectivity index (χ3n) is 4.90. The zero-order chi connectivity index (χ0) is 21.8. The first-order valence-corrected chi connectivity index (χ1v) is 9.92. The maximum absolute atomic E-state index is 12.5. The molecule has 0 aliphatic carbocycles. The number of fused-ring (bicyclic) bond motifs is 1. The molecule has 4 rings (SSSR count). The Bertz CT molecular complexity index is 1330. The van der Waals surface area contributed by atoms with Crippen LogP contribution in [-0.4, -0.2) is 27.1 Å². The van der Waals surface area contributed by atoms with Crippen molar-refractivity contribution < 1.29 is 13.9 Å². The van der Waals surface area contributed by atoms with Crippen molar-refractivity contribution in [2.75, 3.05) is 6.61 Å². The summed E-state index contributed by atoms with van der Waals surface area (Å²) in [4.78, 5) is 43.9. The number of H-pyrrole nitrogens is 1. The van der Waals surface area contributed by atoms with Crippen LogP contribution in [0.25, 0.3) is 22.4 Å². The number of benzene rings is 2. The summed E-state index contributed by atoms with van der Waals surface area (Å²) in [6.07, 6.45) is 0.318. The molecule has 2 heterocycles. The number of rotatable bonds is 7. The molecule has 158 valence electrons. The molecule has 2 aromatic heterocycles. The summed E-state index contributed by atoms with van der Waals surface area (Å²) in [5, 5.41) is 0.440. The lowest BCUT2D eigenvalue weighted by molar-refractivity contribution is -0.143. The molecule has 0 saturated heterocycles. The Balaban J connectivity index is 1.34. The first-order chi connectivity index (χ1) is 15.0. The molecule has 8 heteroatoms. The molecule has 1 N–H and O–H groups in total. The average molecular weight is 419 g/mol. The van der Waals surface area contributed by atoms with E-state index in [0.29, 0.717) is 34.7 Å². The second kappa shape index (κ2) is 8.83. The minimum atomic E-state index is -0.485. The van der Waals surface area contributed by atoms with E-state index < -0.39 is 11.7 Å². The highest BCUT2D eigenvalue weighted by Gasteiger charge is 2.15. The van der Waals surface area contributed by atoms with Gasteiger partial charge in [-0.1, -0.05) is 30.3 Å². The molecule has 4 aromatic rings. The molecule has 0 unspecified atom stereocenters. The largest absolute Gasteiger partial charge is 0.465 e. The van der Waals surface area contributed by atoms with Crippen LogP contribution in [0.1, 0.15) is 17.9 Å². The molecular formula is C23H21N3O5. The molecule has 8 nitrogen and oxygen atoms in total. The van der Waals surface area contributed by atoms with Crippen molar-refractivity contribution in [3.63, 3.8) is 0 Å². The summed E-state index contributed by atoms with van der Waals surface area (Å²) in [7, 11) is 0. The van der Waals surface area contributed by atoms with Gasteiger partial charge in [0.05, 0.1) is 29.6 Å². The SMILES string of the molecule is Cc1oc(-c2ccccc2)nc1CC(=O)OCCCn1c(=O)[nH]c2ccccc2c1=O. The van der Waals surface area contributed by atoms with E-state index in [9.17, 15) is 14.4 Å². The van der Waals surface area contributed by atoms with Crippen LogP contribution in [0.15, 0.2) is 68.6 Å². The van der Waals surface area contributed by atoms with Crippen molar-refractivity contribution in [2.24, 2.45) is 0 Å². The Morgan fingerprint density at radius 2 is 1.84 bits per heavy atom. The monoisotopic (exact) mass is 419 g/mol. The van der Waals surface area contributed by atoms with E-state index in [-0.39, 0.29) is 25.1 Å². The molecule has 31 heavy (non-hydrogen) atoms. The predicted octanol–water partition coefficient (Wildman–Crippen LogP) is 2.83. The van der Waals surface area contributed by atoms with E-state index in [4.69, 9.17) is 9.15 Å². The summed E-state index contributed by atoms with van der Waals surface area (Å²) in [6, 6.07) is 16.3.